The summed E-state index contributed by atoms with van der Waals surface area (Å²) in [7, 11) is 0. The first-order chi connectivity index (χ1) is 11.8. The second kappa shape index (κ2) is 6.19. The number of tetrazole rings is 1. The van der Waals surface area contributed by atoms with Crippen LogP contribution in [0.25, 0.3) is 11.4 Å². The standard InChI is InChI=1S/C14H9F3N6O2/c15-14(16,17)10-5-4-9(13(25)19-10)12(24)18-8-3-1-2-7(6-8)11-20-22-23-21-11/h1-6H,(H,18,24)(H,19,25)(H,20,21,22,23). The fraction of sp³-hybridized carbons (Fsp3) is 0.0714. The molecule has 128 valence electrons. The van der Waals surface area contributed by atoms with Crippen molar-refractivity contribution in [3.05, 3.63) is 58.0 Å². The number of rotatable bonds is 3. The van der Waals surface area contributed by atoms with Crippen molar-refractivity contribution >= 4 is 11.6 Å². The molecule has 3 N–H and O–H groups in total. The minimum atomic E-state index is -4.70. The first-order valence-corrected chi connectivity index (χ1v) is 6.80. The van der Waals surface area contributed by atoms with E-state index in [0.29, 0.717) is 23.1 Å². The normalized spacial score (nSPS) is 11.3. The van der Waals surface area contributed by atoms with E-state index in [1.165, 1.54) is 6.07 Å². The van der Waals surface area contributed by atoms with E-state index in [0.717, 1.165) is 6.07 Å². The summed E-state index contributed by atoms with van der Waals surface area (Å²) in [6.45, 7) is 0. The SMILES string of the molecule is O=C(Nc1cccc(-c2nn[nH]n2)c1)c1ccc(C(F)(F)F)[nH]c1=O. The lowest BCUT2D eigenvalue weighted by atomic mass is 10.1. The molecule has 25 heavy (non-hydrogen) atoms. The Morgan fingerprint density at radius 1 is 1.16 bits per heavy atom. The van der Waals surface area contributed by atoms with Crippen LogP contribution in [0, 0.1) is 0 Å². The molecule has 0 saturated carbocycles. The topological polar surface area (TPSA) is 116 Å². The molecule has 0 aliphatic heterocycles. The highest BCUT2D eigenvalue weighted by molar-refractivity contribution is 6.04. The largest absolute Gasteiger partial charge is 0.431 e. The Kier molecular flexibility index (Phi) is 4.05. The fourth-order valence-corrected chi connectivity index (χ4v) is 2.04. The molecule has 0 radical (unpaired) electrons. The van der Waals surface area contributed by atoms with Crippen LogP contribution in [0.2, 0.25) is 0 Å². The molecule has 1 aromatic carbocycles. The van der Waals surface area contributed by atoms with Crippen LogP contribution >= 0.6 is 0 Å². The van der Waals surface area contributed by atoms with Gasteiger partial charge in [-0.3, -0.25) is 9.59 Å². The molecule has 3 aromatic rings. The van der Waals surface area contributed by atoms with Crippen LogP contribution < -0.4 is 10.9 Å². The van der Waals surface area contributed by atoms with E-state index in [1.54, 1.807) is 23.2 Å². The molecule has 0 bridgehead atoms. The third kappa shape index (κ3) is 3.54. The van der Waals surface area contributed by atoms with Gasteiger partial charge < -0.3 is 10.3 Å². The number of aromatic nitrogens is 5. The molecule has 2 aromatic heterocycles. The number of pyridine rings is 1. The summed E-state index contributed by atoms with van der Waals surface area (Å²) in [6.07, 6.45) is -4.70. The molecule has 0 fully saturated rings. The van der Waals surface area contributed by atoms with E-state index in [2.05, 4.69) is 25.9 Å². The van der Waals surface area contributed by atoms with Crippen molar-refractivity contribution in [2.45, 2.75) is 6.18 Å². The minimum absolute atomic E-state index is 0.295. The number of amides is 1. The monoisotopic (exact) mass is 350 g/mol. The van der Waals surface area contributed by atoms with Crippen molar-refractivity contribution in [3.63, 3.8) is 0 Å². The lowest BCUT2D eigenvalue weighted by Gasteiger charge is -2.08. The number of benzene rings is 1. The van der Waals surface area contributed by atoms with E-state index in [9.17, 15) is 22.8 Å². The van der Waals surface area contributed by atoms with Gasteiger partial charge in [-0.05, 0) is 29.5 Å². The van der Waals surface area contributed by atoms with Crippen molar-refractivity contribution < 1.29 is 18.0 Å². The van der Waals surface area contributed by atoms with Gasteiger partial charge in [0.1, 0.15) is 11.3 Å². The number of hydrogen-bond acceptors (Lipinski definition) is 5. The van der Waals surface area contributed by atoms with Crippen LogP contribution in [-0.4, -0.2) is 31.5 Å². The van der Waals surface area contributed by atoms with Gasteiger partial charge in [0, 0.05) is 11.3 Å². The number of hydrogen-bond donors (Lipinski definition) is 3. The zero-order valence-electron chi connectivity index (χ0n) is 12.3. The number of halogens is 3. The molecule has 1 amide bonds. The molecule has 8 nitrogen and oxygen atoms in total. The van der Waals surface area contributed by atoms with Gasteiger partial charge in [0.2, 0.25) is 5.82 Å². The minimum Gasteiger partial charge on any atom is -0.322 e. The van der Waals surface area contributed by atoms with Gasteiger partial charge in [-0.1, -0.05) is 12.1 Å². The van der Waals surface area contributed by atoms with Gasteiger partial charge in [-0.15, -0.1) is 10.2 Å². The van der Waals surface area contributed by atoms with Crippen molar-refractivity contribution in [3.8, 4) is 11.4 Å². The number of nitrogens with one attached hydrogen (secondary N) is 3. The van der Waals surface area contributed by atoms with E-state index in [1.807, 2.05) is 0 Å². The summed E-state index contributed by atoms with van der Waals surface area (Å²) in [5, 5.41) is 15.7. The molecule has 0 saturated heterocycles. The van der Waals surface area contributed by atoms with Crippen LogP contribution in [0.1, 0.15) is 16.1 Å². The zero-order valence-corrected chi connectivity index (χ0v) is 12.3. The maximum absolute atomic E-state index is 12.5. The smallest absolute Gasteiger partial charge is 0.322 e. The summed E-state index contributed by atoms with van der Waals surface area (Å²) >= 11 is 0. The highest BCUT2D eigenvalue weighted by atomic mass is 19.4. The Morgan fingerprint density at radius 2 is 1.96 bits per heavy atom. The zero-order chi connectivity index (χ0) is 18.0. The third-order valence-electron chi connectivity index (χ3n) is 3.18. The summed E-state index contributed by atoms with van der Waals surface area (Å²) in [6, 6.07) is 7.80. The Balaban J connectivity index is 1.84. The van der Waals surface area contributed by atoms with Crippen molar-refractivity contribution in [1.82, 2.24) is 25.6 Å². The fourth-order valence-electron chi connectivity index (χ4n) is 2.04. The Labute approximate surface area is 137 Å². The second-order valence-electron chi connectivity index (χ2n) is 4.88. The molecule has 0 unspecified atom stereocenters. The van der Waals surface area contributed by atoms with Crippen molar-refractivity contribution in [2.75, 3.05) is 5.32 Å². The second-order valence-corrected chi connectivity index (χ2v) is 4.88. The van der Waals surface area contributed by atoms with Gasteiger partial charge in [-0.25, -0.2) is 0 Å². The van der Waals surface area contributed by atoms with Crippen LogP contribution in [0.3, 0.4) is 0 Å². The maximum Gasteiger partial charge on any atom is 0.431 e. The van der Waals surface area contributed by atoms with Gasteiger partial charge in [-0.2, -0.15) is 18.4 Å². The lowest BCUT2D eigenvalue weighted by molar-refractivity contribution is -0.141. The Morgan fingerprint density at radius 3 is 2.60 bits per heavy atom. The van der Waals surface area contributed by atoms with Gasteiger partial charge in [0.05, 0.1) is 0 Å². The van der Waals surface area contributed by atoms with Gasteiger partial charge in [0.25, 0.3) is 11.5 Å². The quantitative estimate of drug-likeness (QED) is 0.666. The van der Waals surface area contributed by atoms with Gasteiger partial charge in [0.15, 0.2) is 0 Å². The summed E-state index contributed by atoms with van der Waals surface area (Å²) in [4.78, 5) is 25.5. The lowest BCUT2D eigenvalue weighted by Crippen LogP contribution is -2.25. The predicted octanol–water partition coefficient (Wildman–Crippen LogP) is 1.83. The molecule has 0 aliphatic rings. The number of carbonyl (C=O) groups excluding carboxylic acids is 1. The number of aromatic amines is 2. The average molecular weight is 350 g/mol. The van der Waals surface area contributed by atoms with E-state index in [4.69, 9.17) is 0 Å². The van der Waals surface area contributed by atoms with Gasteiger partial charge >= 0.3 is 6.18 Å². The molecule has 2 heterocycles. The number of anilines is 1. The number of H-pyrrole nitrogens is 2. The molecular formula is C14H9F3N6O2. The van der Waals surface area contributed by atoms with E-state index in [-0.39, 0.29) is 0 Å². The predicted molar refractivity (Wildman–Crippen MR) is 79.6 cm³/mol. The molecule has 0 aliphatic carbocycles. The van der Waals surface area contributed by atoms with Crippen LogP contribution in [-0.2, 0) is 6.18 Å². The van der Waals surface area contributed by atoms with Crippen LogP contribution in [0.4, 0.5) is 18.9 Å². The molecule has 0 atom stereocenters. The average Bonchev–Trinajstić information content (AvgIpc) is 3.08. The Hall–Kier alpha value is -3.50. The summed E-state index contributed by atoms with van der Waals surface area (Å²) in [5.41, 5.74) is -1.95. The van der Waals surface area contributed by atoms with Crippen molar-refractivity contribution in [1.29, 1.82) is 0 Å². The number of alkyl halides is 3. The Bertz CT molecular complexity index is 965. The van der Waals surface area contributed by atoms with Crippen LogP contribution in [0.5, 0.6) is 0 Å². The summed E-state index contributed by atoms with van der Waals surface area (Å²) in [5.74, 6) is -0.552. The number of carbonyl (C=O) groups is 1. The first-order valence-electron chi connectivity index (χ1n) is 6.80. The first kappa shape index (κ1) is 16.4. The van der Waals surface area contributed by atoms with Crippen LogP contribution in [0.15, 0.2) is 41.2 Å². The number of nitrogens with zero attached hydrogens (tertiary/aromatic N) is 3. The highest BCUT2D eigenvalue weighted by Gasteiger charge is 2.32. The molecule has 3 rings (SSSR count). The molecule has 0 spiro atoms. The molecular weight excluding hydrogens is 341 g/mol. The maximum atomic E-state index is 12.5. The van der Waals surface area contributed by atoms with E-state index < -0.39 is 28.9 Å². The third-order valence-corrected chi connectivity index (χ3v) is 3.18. The van der Waals surface area contributed by atoms with E-state index >= 15 is 0 Å². The molecule has 11 heteroatoms. The van der Waals surface area contributed by atoms with Crippen molar-refractivity contribution in [2.24, 2.45) is 0 Å². The summed E-state index contributed by atoms with van der Waals surface area (Å²) < 4.78 is 37.6. The highest BCUT2D eigenvalue weighted by Crippen LogP contribution is 2.26.